The van der Waals surface area contributed by atoms with Crippen LogP contribution in [0.15, 0.2) is 29.6 Å². The normalized spacial score (nSPS) is 21.1. The van der Waals surface area contributed by atoms with E-state index < -0.39 is 0 Å². The SMILES string of the molecule is CCCNC1c2ccccc2CC1Cc1nc(C)cs1. The van der Waals surface area contributed by atoms with E-state index in [1.807, 2.05) is 0 Å². The number of aromatic nitrogens is 1. The van der Waals surface area contributed by atoms with E-state index in [1.165, 1.54) is 29.0 Å². The number of hydrogen-bond acceptors (Lipinski definition) is 3. The summed E-state index contributed by atoms with van der Waals surface area (Å²) in [7, 11) is 0. The Morgan fingerprint density at radius 1 is 1.35 bits per heavy atom. The van der Waals surface area contributed by atoms with Crippen molar-refractivity contribution in [3.05, 3.63) is 51.5 Å². The van der Waals surface area contributed by atoms with Crippen molar-refractivity contribution < 1.29 is 0 Å². The zero-order chi connectivity index (χ0) is 13.9. The molecule has 2 unspecified atom stereocenters. The van der Waals surface area contributed by atoms with Crippen molar-refractivity contribution in [2.24, 2.45) is 5.92 Å². The Balaban J connectivity index is 1.79. The van der Waals surface area contributed by atoms with Gasteiger partial charge in [0.1, 0.15) is 0 Å². The Labute approximate surface area is 125 Å². The summed E-state index contributed by atoms with van der Waals surface area (Å²) in [6, 6.07) is 9.38. The number of aryl methyl sites for hydroxylation is 1. The molecule has 3 rings (SSSR count). The Hall–Kier alpha value is -1.19. The van der Waals surface area contributed by atoms with Crippen LogP contribution in [-0.2, 0) is 12.8 Å². The van der Waals surface area contributed by atoms with E-state index in [0.717, 1.165) is 18.7 Å². The van der Waals surface area contributed by atoms with Crippen molar-refractivity contribution in [3.8, 4) is 0 Å². The summed E-state index contributed by atoms with van der Waals surface area (Å²) in [4.78, 5) is 4.64. The van der Waals surface area contributed by atoms with Gasteiger partial charge in [0.05, 0.1) is 5.01 Å². The van der Waals surface area contributed by atoms with Gasteiger partial charge in [-0.05, 0) is 43.4 Å². The van der Waals surface area contributed by atoms with E-state index in [4.69, 9.17) is 0 Å². The van der Waals surface area contributed by atoms with Crippen LogP contribution in [0, 0.1) is 12.8 Å². The summed E-state index contributed by atoms with van der Waals surface area (Å²) in [6.45, 7) is 5.40. The van der Waals surface area contributed by atoms with Crippen LogP contribution < -0.4 is 5.32 Å². The van der Waals surface area contributed by atoms with Gasteiger partial charge in [-0.15, -0.1) is 11.3 Å². The molecule has 0 bridgehead atoms. The molecule has 2 nitrogen and oxygen atoms in total. The Morgan fingerprint density at radius 2 is 2.20 bits per heavy atom. The number of nitrogens with one attached hydrogen (secondary N) is 1. The first-order chi connectivity index (χ1) is 9.78. The monoisotopic (exact) mass is 286 g/mol. The van der Waals surface area contributed by atoms with Gasteiger partial charge in [-0.1, -0.05) is 31.2 Å². The molecule has 0 aliphatic heterocycles. The number of hydrogen-bond donors (Lipinski definition) is 1. The minimum atomic E-state index is 0.496. The lowest BCUT2D eigenvalue weighted by Crippen LogP contribution is -2.27. The maximum Gasteiger partial charge on any atom is 0.0931 e. The average molecular weight is 286 g/mol. The van der Waals surface area contributed by atoms with Crippen LogP contribution in [0.1, 0.15) is 41.2 Å². The van der Waals surface area contributed by atoms with Crippen molar-refractivity contribution in [1.82, 2.24) is 10.3 Å². The van der Waals surface area contributed by atoms with Gasteiger partial charge >= 0.3 is 0 Å². The molecule has 3 heteroatoms. The van der Waals surface area contributed by atoms with Crippen LogP contribution in [-0.4, -0.2) is 11.5 Å². The maximum absolute atomic E-state index is 4.64. The van der Waals surface area contributed by atoms with Gasteiger partial charge in [-0.2, -0.15) is 0 Å². The predicted octanol–water partition coefficient (Wildman–Crippen LogP) is 3.91. The fourth-order valence-electron chi connectivity index (χ4n) is 3.16. The van der Waals surface area contributed by atoms with Gasteiger partial charge in [-0.25, -0.2) is 4.98 Å². The number of rotatable bonds is 5. The fourth-order valence-corrected chi connectivity index (χ4v) is 4.03. The van der Waals surface area contributed by atoms with Crippen LogP contribution in [0.25, 0.3) is 0 Å². The van der Waals surface area contributed by atoms with E-state index in [2.05, 4.69) is 53.8 Å². The van der Waals surface area contributed by atoms with Crippen LogP contribution >= 0.6 is 11.3 Å². The molecular weight excluding hydrogens is 264 g/mol. The Morgan fingerprint density at radius 3 is 2.95 bits per heavy atom. The lowest BCUT2D eigenvalue weighted by Gasteiger charge is -2.21. The van der Waals surface area contributed by atoms with Crippen molar-refractivity contribution in [1.29, 1.82) is 0 Å². The van der Waals surface area contributed by atoms with Gasteiger partial charge in [0.2, 0.25) is 0 Å². The van der Waals surface area contributed by atoms with Gasteiger partial charge in [0.25, 0.3) is 0 Å². The second-order valence-electron chi connectivity index (χ2n) is 5.68. The summed E-state index contributed by atoms with van der Waals surface area (Å²) >= 11 is 1.80. The minimum absolute atomic E-state index is 0.496. The van der Waals surface area contributed by atoms with Crippen LogP contribution in [0.2, 0.25) is 0 Å². The molecule has 2 atom stereocenters. The zero-order valence-electron chi connectivity index (χ0n) is 12.2. The van der Waals surface area contributed by atoms with Crippen LogP contribution in [0.5, 0.6) is 0 Å². The number of benzene rings is 1. The molecule has 2 aromatic rings. The molecule has 1 aromatic heterocycles. The third-order valence-electron chi connectivity index (χ3n) is 4.06. The fraction of sp³-hybridized carbons (Fsp3) is 0.471. The molecule has 1 aliphatic carbocycles. The second kappa shape index (κ2) is 6.06. The molecule has 0 saturated heterocycles. The first-order valence-electron chi connectivity index (χ1n) is 7.50. The number of nitrogens with zero attached hydrogens (tertiary/aromatic N) is 1. The molecule has 106 valence electrons. The van der Waals surface area contributed by atoms with Crippen LogP contribution in [0.3, 0.4) is 0 Å². The van der Waals surface area contributed by atoms with Crippen molar-refractivity contribution >= 4 is 11.3 Å². The minimum Gasteiger partial charge on any atom is -0.310 e. The Bertz CT molecular complexity index is 576. The highest BCUT2D eigenvalue weighted by Gasteiger charge is 2.32. The molecule has 1 N–H and O–H groups in total. The highest BCUT2D eigenvalue weighted by atomic mass is 32.1. The first-order valence-corrected chi connectivity index (χ1v) is 8.38. The molecule has 0 fully saturated rings. The summed E-state index contributed by atoms with van der Waals surface area (Å²) in [6.07, 6.45) is 3.45. The Kier molecular flexibility index (Phi) is 4.18. The number of fused-ring (bicyclic) bond motifs is 1. The summed E-state index contributed by atoms with van der Waals surface area (Å²) in [5.41, 5.74) is 4.16. The first kappa shape index (κ1) is 13.8. The predicted molar refractivity (Wildman–Crippen MR) is 85.2 cm³/mol. The molecule has 1 aromatic carbocycles. The molecule has 0 amide bonds. The maximum atomic E-state index is 4.64. The summed E-state index contributed by atoms with van der Waals surface area (Å²) in [5.74, 6) is 0.643. The summed E-state index contributed by atoms with van der Waals surface area (Å²) in [5, 5.41) is 7.18. The van der Waals surface area contributed by atoms with Gasteiger partial charge in [0.15, 0.2) is 0 Å². The highest BCUT2D eigenvalue weighted by molar-refractivity contribution is 7.09. The second-order valence-corrected chi connectivity index (χ2v) is 6.62. The standard InChI is InChI=1S/C17H22N2S/c1-3-8-18-17-14(10-16-19-12(2)11-20-16)9-13-6-4-5-7-15(13)17/h4-7,11,14,17-18H,3,8-10H2,1-2H3. The van der Waals surface area contributed by atoms with E-state index in [0.29, 0.717) is 12.0 Å². The third kappa shape index (κ3) is 2.79. The molecule has 20 heavy (non-hydrogen) atoms. The lowest BCUT2D eigenvalue weighted by atomic mass is 9.97. The molecule has 1 aliphatic rings. The largest absolute Gasteiger partial charge is 0.310 e. The quantitative estimate of drug-likeness (QED) is 0.901. The molecule has 0 saturated carbocycles. The van der Waals surface area contributed by atoms with E-state index >= 15 is 0 Å². The van der Waals surface area contributed by atoms with Crippen molar-refractivity contribution in [2.75, 3.05) is 6.54 Å². The average Bonchev–Trinajstić information content (AvgIpc) is 3.00. The van der Waals surface area contributed by atoms with E-state index in [1.54, 1.807) is 11.3 Å². The third-order valence-corrected chi connectivity index (χ3v) is 5.05. The van der Waals surface area contributed by atoms with Gasteiger partial charge in [0, 0.05) is 23.5 Å². The number of thiazole rings is 1. The molecule has 1 heterocycles. The zero-order valence-corrected chi connectivity index (χ0v) is 13.0. The topological polar surface area (TPSA) is 24.9 Å². The van der Waals surface area contributed by atoms with Crippen LogP contribution in [0.4, 0.5) is 0 Å². The van der Waals surface area contributed by atoms with E-state index in [9.17, 15) is 0 Å². The summed E-state index contributed by atoms with van der Waals surface area (Å²) < 4.78 is 0. The molecule has 0 radical (unpaired) electrons. The smallest absolute Gasteiger partial charge is 0.0931 e. The van der Waals surface area contributed by atoms with Crippen molar-refractivity contribution in [3.63, 3.8) is 0 Å². The van der Waals surface area contributed by atoms with Crippen molar-refractivity contribution in [2.45, 2.75) is 39.2 Å². The highest BCUT2D eigenvalue weighted by Crippen LogP contribution is 2.38. The van der Waals surface area contributed by atoms with Gasteiger partial charge in [-0.3, -0.25) is 0 Å². The lowest BCUT2D eigenvalue weighted by molar-refractivity contribution is 0.386. The van der Waals surface area contributed by atoms with E-state index in [-0.39, 0.29) is 0 Å². The van der Waals surface area contributed by atoms with Gasteiger partial charge < -0.3 is 5.32 Å². The molecule has 0 spiro atoms. The molecular formula is C17H22N2S.